The molecule has 1 heterocycles. The van der Waals surface area contributed by atoms with Gasteiger partial charge in [-0.3, -0.25) is 4.79 Å². The number of nitrogens with one attached hydrogen (secondary N) is 1. The first kappa shape index (κ1) is 16.8. The second kappa shape index (κ2) is 7.60. The van der Waals surface area contributed by atoms with Crippen LogP contribution < -0.4 is 5.32 Å². The van der Waals surface area contributed by atoms with Crippen molar-refractivity contribution in [1.29, 1.82) is 0 Å². The number of esters is 1. The van der Waals surface area contributed by atoms with Gasteiger partial charge in [-0.15, -0.1) is 0 Å². The number of carbonyl (C=O) groups is 2. The molecular weight excluding hydrogens is 318 g/mol. The van der Waals surface area contributed by atoms with Gasteiger partial charge in [0.2, 0.25) is 0 Å². The SMILES string of the molecule is CNC(=O)COC(=O)/C=C/c1c(C)nn(-c2ccccc2)c1Cl. The molecule has 1 aromatic carbocycles. The van der Waals surface area contributed by atoms with Gasteiger partial charge in [-0.1, -0.05) is 29.8 Å². The van der Waals surface area contributed by atoms with E-state index in [2.05, 4.69) is 10.4 Å². The lowest BCUT2D eigenvalue weighted by Crippen LogP contribution is -2.24. The van der Waals surface area contributed by atoms with Gasteiger partial charge in [0.05, 0.1) is 11.4 Å². The molecule has 0 aliphatic carbocycles. The maximum absolute atomic E-state index is 11.6. The highest BCUT2D eigenvalue weighted by atomic mass is 35.5. The summed E-state index contributed by atoms with van der Waals surface area (Å²) in [6, 6.07) is 9.42. The Labute approximate surface area is 138 Å². The van der Waals surface area contributed by atoms with E-state index in [1.165, 1.54) is 19.2 Å². The van der Waals surface area contributed by atoms with Crippen molar-refractivity contribution >= 4 is 29.6 Å². The summed E-state index contributed by atoms with van der Waals surface area (Å²) in [7, 11) is 1.47. The molecule has 6 nitrogen and oxygen atoms in total. The zero-order valence-electron chi connectivity index (χ0n) is 12.7. The van der Waals surface area contributed by atoms with E-state index >= 15 is 0 Å². The van der Waals surface area contributed by atoms with Crippen molar-refractivity contribution in [3.05, 3.63) is 52.8 Å². The van der Waals surface area contributed by atoms with Gasteiger partial charge in [-0.2, -0.15) is 5.10 Å². The van der Waals surface area contributed by atoms with Gasteiger partial charge in [0, 0.05) is 18.7 Å². The summed E-state index contributed by atoms with van der Waals surface area (Å²) in [5.41, 5.74) is 2.11. The number of aryl methyl sites for hydroxylation is 1. The lowest BCUT2D eigenvalue weighted by atomic mass is 10.2. The zero-order chi connectivity index (χ0) is 16.8. The first-order valence-corrected chi connectivity index (χ1v) is 7.26. The highest BCUT2D eigenvalue weighted by molar-refractivity contribution is 6.31. The number of nitrogens with zero attached hydrogens (tertiary/aromatic N) is 2. The summed E-state index contributed by atoms with van der Waals surface area (Å²) in [5, 5.41) is 7.11. The molecule has 1 N–H and O–H groups in total. The number of likely N-dealkylation sites (N-methyl/N-ethyl adjacent to an activating group) is 1. The van der Waals surface area contributed by atoms with E-state index in [1.807, 2.05) is 30.3 Å². The van der Waals surface area contributed by atoms with Crippen molar-refractivity contribution in [3.8, 4) is 5.69 Å². The number of aromatic nitrogens is 2. The van der Waals surface area contributed by atoms with Gasteiger partial charge in [-0.05, 0) is 25.1 Å². The molecule has 0 unspecified atom stereocenters. The van der Waals surface area contributed by atoms with E-state index in [-0.39, 0.29) is 12.5 Å². The predicted molar refractivity (Wildman–Crippen MR) is 87.4 cm³/mol. The van der Waals surface area contributed by atoms with E-state index in [9.17, 15) is 9.59 Å². The van der Waals surface area contributed by atoms with Gasteiger partial charge in [-0.25, -0.2) is 9.48 Å². The third-order valence-corrected chi connectivity index (χ3v) is 3.42. The first-order valence-electron chi connectivity index (χ1n) is 6.89. The molecule has 0 saturated heterocycles. The van der Waals surface area contributed by atoms with Crippen molar-refractivity contribution in [3.63, 3.8) is 0 Å². The standard InChI is InChI=1S/C16H16ClN3O3/c1-11-13(8-9-15(22)23-10-14(21)18-2)16(17)20(19-11)12-6-4-3-5-7-12/h3-9H,10H2,1-2H3,(H,18,21)/b9-8+. The maximum atomic E-state index is 11.6. The third kappa shape index (κ3) is 4.20. The maximum Gasteiger partial charge on any atom is 0.331 e. The fraction of sp³-hybridized carbons (Fsp3) is 0.188. The first-order chi connectivity index (χ1) is 11.0. The van der Waals surface area contributed by atoms with Crippen LogP contribution in [0, 0.1) is 6.92 Å². The van der Waals surface area contributed by atoms with Crippen molar-refractivity contribution in [2.45, 2.75) is 6.92 Å². The lowest BCUT2D eigenvalue weighted by molar-refractivity contribution is -0.143. The molecule has 0 spiro atoms. The molecule has 2 aromatic rings. The second-order valence-electron chi connectivity index (χ2n) is 4.65. The van der Waals surface area contributed by atoms with Crippen LogP contribution in [0.5, 0.6) is 0 Å². The van der Waals surface area contributed by atoms with Crippen LogP contribution in [0.3, 0.4) is 0 Å². The van der Waals surface area contributed by atoms with Crippen LogP contribution in [0.2, 0.25) is 5.15 Å². The van der Waals surface area contributed by atoms with Crippen LogP contribution >= 0.6 is 11.6 Å². The summed E-state index contributed by atoms with van der Waals surface area (Å²) < 4.78 is 6.37. The van der Waals surface area contributed by atoms with Crippen molar-refractivity contribution in [2.75, 3.05) is 13.7 Å². The van der Waals surface area contributed by atoms with Gasteiger partial charge in [0.25, 0.3) is 5.91 Å². The van der Waals surface area contributed by atoms with Crippen LogP contribution in [-0.4, -0.2) is 35.3 Å². The molecule has 0 radical (unpaired) electrons. The van der Waals surface area contributed by atoms with Gasteiger partial charge >= 0.3 is 5.97 Å². The predicted octanol–water partition coefficient (Wildman–Crippen LogP) is 2.14. The quantitative estimate of drug-likeness (QED) is 0.672. The molecular formula is C16H16ClN3O3. The molecule has 0 aliphatic heterocycles. The number of para-hydroxylation sites is 1. The molecule has 1 aromatic heterocycles. The van der Waals surface area contributed by atoms with Crippen LogP contribution in [0.25, 0.3) is 11.8 Å². The Morgan fingerprint density at radius 3 is 2.70 bits per heavy atom. The molecule has 0 atom stereocenters. The normalized spacial score (nSPS) is 10.7. The minimum absolute atomic E-state index is 0.324. The molecule has 0 saturated carbocycles. The molecule has 1 amide bonds. The molecule has 23 heavy (non-hydrogen) atoms. The smallest absolute Gasteiger partial charge is 0.331 e. The number of ether oxygens (including phenoxy) is 1. The minimum atomic E-state index is -0.628. The molecule has 7 heteroatoms. The largest absolute Gasteiger partial charge is 0.452 e. The Balaban J connectivity index is 2.15. The average molecular weight is 334 g/mol. The van der Waals surface area contributed by atoms with Gasteiger partial charge in [0.15, 0.2) is 6.61 Å². The number of hydrogen-bond acceptors (Lipinski definition) is 4. The number of hydrogen-bond donors (Lipinski definition) is 1. The van der Waals surface area contributed by atoms with Crippen molar-refractivity contribution in [1.82, 2.24) is 15.1 Å². The topological polar surface area (TPSA) is 73.2 Å². The number of benzene rings is 1. The van der Waals surface area contributed by atoms with Gasteiger partial charge < -0.3 is 10.1 Å². The Morgan fingerprint density at radius 2 is 2.04 bits per heavy atom. The Hall–Kier alpha value is -2.60. The summed E-state index contributed by atoms with van der Waals surface area (Å²) in [6.07, 6.45) is 2.74. The third-order valence-electron chi connectivity index (χ3n) is 3.06. The van der Waals surface area contributed by atoms with E-state index < -0.39 is 5.97 Å². The highest BCUT2D eigenvalue weighted by Gasteiger charge is 2.13. The molecule has 0 aliphatic rings. The Bertz CT molecular complexity index is 739. The second-order valence-corrected chi connectivity index (χ2v) is 5.01. The van der Waals surface area contributed by atoms with Crippen LogP contribution in [0.1, 0.15) is 11.3 Å². The summed E-state index contributed by atoms with van der Waals surface area (Å²) in [4.78, 5) is 22.6. The zero-order valence-corrected chi connectivity index (χ0v) is 13.5. The van der Waals surface area contributed by atoms with Crippen LogP contribution in [0.15, 0.2) is 36.4 Å². The van der Waals surface area contributed by atoms with Crippen LogP contribution in [-0.2, 0) is 14.3 Å². The van der Waals surface area contributed by atoms with E-state index in [1.54, 1.807) is 11.6 Å². The molecule has 0 fully saturated rings. The monoisotopic (exact) mass is 333 g/mol. The molecule has 0 bridgehead atoms. The molecule has 2 rings (SSSR count). The highest BCUT2D eigenvalue weighted by Crippen LogP contribution is 2.24. The van der Waals surface area contributed by atoms with Crippen molar-refractivity contribution in [2.24, 2.45) is 0 Å². The number of rotatable bonds is 5. The van der Waals surface area contributed by atoms with E-state index in [4.69, 9.17) is 16.3 Å². The van der Waals surface area contributed by atoms with E-state index in [0.29, 0.717) is 16.4 Å². The number of halogens is 1. The van der Waals surface area contributed by atoms with Crippen molar-refractivity contribution < 1.29 is 14.3 Å². The summed E-state index contributed by atoms with van der Waals surface area (Å²) in [5.74, 6) is -1.01. The minimum Gasteiger partial charge on any atom is -0.452 e. The van der Waals surface area contributed by atoms with E-state index in [0.717, 1.165) is 5.69 Å². The lowest BCUT2D eigenvalue weighted by Gasteiger charge is -2.02. The summed E-state index contributed by atoms with van der Waals surface area (Å²) in [6.45, 7) is 1.47. The fourth-order valence-electron chi connectivity index (χ4n) is 1.85. The average Bonchev–Trinajstić information content (AvgIpc) is 2.85. The number of amides is 1. The van der Waals surface area contributed by atoms with Crippen LogP contribution in [0.4, 0.5) is 0 Å². The fourth-order valence-corrected chi connectivity index (χ4v) is 2.18. The molecule has 120 valence electrons. The van der Waals surface area contributed by atoms with Gasteiger partial charge in [0.1, 0.15) is 5.15 Å². The number of carbonyl (C=O) groups excluding carboxylic acids is 2. The Kier molecular flexibility index (Phi) is 5.54. The Morgan fingerprint density at radius 1 is 1.35 bits per heavy atom. The summed E-state index contributed by atoms with van der Waals surface area (Å²) >= 11 is 6.33.